The van der Waals surface area contributed by atoms with E-state index < -0.39 is 6.55 Å². The summed E-state index contributed by atoms with van der Waals surface area (Å²) in [4.78, 5) is 0. The van der Waals surface area contributed by atoms with Gasteiger partial charge in [-0.25, -0.2) is 4.68 Å². The average molecular weight is 320 g/mol. The number of hydrogen-bond acceptors (Lipinski definition) is 3. The van der Waals surface area contributed by atoms with E-state index in [0.717, 1.165) is 28.9 Å². The van der Waals surface area contributed by atoms with Crippen molar-refractivity contribution in [3.63, 3.8) is 0 Å². The third-order valence-electron chi connectivity index (χ3n) is 3.06. The Kier molecular flexibility index (Phi) is 6.77. The fourth-order valence-corrected chi connectivity index (χ4v) is 2.06. The van der Waals surface area contributed by atoms with Crippen LogP contribution >= 0.6 is 12.4 Å². The summed E-state index contributed by atoms with van der Waals surface area (Å²) in [6.07, 6.45) is 4.41. The summed E-state index contributed by atoms with van der Waals surface area (Å²) < 4.78 is 27.9. The lowest BCUT2D eigenvalue weighted by Crippen LogP contribution is -2.17. The molecule has 2 aromatic heterocycles. The second-order valence-corrected chi connectivity index (χ2v) is 4.65. The van der Waals surface area contributed by atoms with Crippen LogP contribution in [0.3, 0.4) is 0 Å². The highest BCUT2D eigenvalue weighted by Gasteiger charge is 2.11. The first-order valence-corrected chi connectivity index (χ1v) is 6.66. The molecule has 2 rings (SSSR count). The molecule has 0 aliphatic heterocycles. The summed E-state index contributed by atoms with van der Waals surface area (Å²) in [5, 5.41) is 11.1. The smallest absolute Gasteiger partial charge is 0.307 e. The van der Waals surface area contributed by atoms with Crippen LogP contribution in [0.15, 0.2) is 18.5 Å². The Hall–Kier alpha value is -1.47. The Balaban J connectivity index is 0.00000220. The van der Waals surface area contributed by atoms with E-state index >= 15 is 0 Å². The van der Waals surface area contributed by atoms with Crippen LogP contribution < -0.4 is 5.32 Å². The van der Waals surface area contributed by atoms with E-state index in [1.807, 2.05) is 17.8 Å². The maximum atomic E-state index is 12.6. The van der Waals surface area contributed by atoms with E-state index in [4.69, 9.17) is 0 Å². The monoisotopic (exact) mass is 319 g/mol. The van der Waals surface area contributed by atoms with Crippen molar-refractivity contribution in [1.29, 1.82) is 0 Å². The van der Waals surface area contributed by atoms with Crippen molar-refractivity contribution in [3.05, 3.63) is 35.4 Å². The fourth-order valence-electron chi connectivity index (χ4n) is 2.06. The number of rotatable bonds is 7. The minimum atomic E-state index is -2.60. The Labute approximate surface area is 128 Å². The molecule has 0 saturated heterocycles. The van der Waals surface area contributed by atoms with Gasteiger partial charge < -0.3 is 5.32 Å². The molecule has 0 atom stereocenters. The van der Waals surface area contributed by atoms with Crippen LogP contribution in [0.5, 0.6) is 0 Å². The number of halogens is 3. The van der Waals surface area contributed by atoms with Crippen molar-refractivity contribution in [1.82, 2.24) is 24.9 Å². The largest absolute Gasteiger partial charge is 0.333 e. The highest BCUT2D eigenvalue weighted by molar-refractivity contribution is 5.85. The molecule has 21 heavy (non-hydrogen) atoms. The molecule has 1 N–H and O–H groups in total. The summed E-state index contributed by atoms with van der Waals surface area (Å²) >= 11 is 0. The number of aromatic nitrogens is 4. The predicted octanol–water partition coefficient (Wildman–Crippen LogP) is 2.90. The zero-order valence-corrected chi connectivity index (χ0v) is 12.9. The topological polar surface area (TPSA) is 47.7 Å². The van der Waals surface area contributed by atoms with E-state index in [1.54, 1.807) is 6.07 Å². The predicted molar refractivity (Wildman–Crippen MR) is 78.5 cm³/mol. The van der Waals surface area contributed by atoms with Crippen molar-refractivity contribution in [3.8, 4) is 0 Å². The Morgan fingerprint density at radius 2 is 2.10 bits per heavy atom. The number of aryl methyl sites for hydroxylation is 2. The van der Waals surface area contributed by atoms with Crippen LogP contribution in [0, 0.1) is 6.92 Å². The van der Waals surface area contributed by atoms with Crippen LogP contribution in [0.2, 0.25) is 0 Å². The van der Waals surface area contributed by atoms with Gasteiger partial charge in [-0.15, -0.1) is 12.4 Å². The van der Waals surface area contributed by atoms with Crippen LogP contribution in [-0.4, -0.2) is 19.6 Å². The molecule has 0 radical (unpaired) electrons. The zero-order chi connectivity index (χ0) is 14.5. The average Bonchev–Trinajstić information content (AvgIpc) is 2.98. The Bertz CT molecular complexity index is 553. The molecule has 5 nitrogen and oxygen atoms in total. The molecule has 0 aromatic carbocycles. The third kappa shape index (κ3) is 4.50. The van der Waals surface area contributed by atoms with Crippen LogP contribution in [0.4, 0.5) is 8.78 Å². The quantitative estimate of drug-likeness (QED) is 0.853. The molecule has 0 aliphatic rings. The molecule has 2 aromatic rings. The first-order chi connectivity index (χ1) is 9.61. The van der Waals surface area contributed by atoms with Crippen molar-refractivity contribution in [2.24, 2.45) is 0 Å². The minimum Gasteiger partial charge on any atom is -0.307 e. The van der Waals surface area contributed by atoms with Crippen LogP contribution in [0.25, 0.3) is 0 Å². The number of nitrogens with zero attached hydrogens (tertiary/aromatic N) is 4. The summed E-state index contributed by atoms with van der Waals surface area (Å²) in [5.74, 6) is 0. The van der Waals surface area contributed by atoms with E-state index in [1.165, 1.54) is 6.20 Å². The molecular weight excluding hydrogens is 300 g/mol. The number of alkyl halides is 2. The number of nitrogens with one attached hydrogen (secondary N) is 1. The highest BCUT2D eigenvalue weighted by atomic mass is 35.5. The SMILES string of the molecule is CCCn1cc(CNCc2ccnn2C(F)F)c(C)n1.Cl. The van der Waals surface area contributed by atoms with Gasteiger partial charge in [0.2, 0.25) is 0 Å². The van der Waals surface area contributed by atoms with Gasteiger partial charge in [0.1, 0.15) is 0 Å². The molecule has 8 heteroatoms. The molecule has 2 heterocycles. The summed E-state index contributed by atoms with van der Waals surface area (Å²) in [6, 6.07) is 1.59. The third-order valence-corrected chi connectivity index (χ3v) is 3.06. The van der Waals surface area contributed by atoms with Crippen molar-refractivity contribution in [2.45, 2.75) is 46.5 Å². The number of hydrogen-bond donors (Lipinski definition) is 1. The second-order valence-electron chi connectivity index (χ2n) is 4.65. The lowest BCUT2D eigenvalue weighted by molar-refractivity contribution is 0.0531. The van der Waals surface area contributed by atoms with Gasteiger partial charge in [0.15, 0.2) is 0 Å². The zero-order valence-electron chi connectivity index (χ0n) is 12.1. The summed E-state index contributed by atoms with van der Waals surface area (Å²) in [5.41, 5.74) is 2.52. The van der Waals surface area contributed by atoms with Crippen LogP contribution in [0.1, 0.15) is 36.8 Å². The van der Waals surface area contributed by atoms with Crippen LogP contribution in [-0.2, 0) is 19.6 Å². The highest BCUT2D eigenvalue weighted by Crippen LogP contribution is 2.12. The molecule has 0 fully saturated rings. The standard InChI is InChI=1S/C13H19F2N5.ClH/c1-3-6-19-9-11(10(2)18-19)7-16-8-12-4-5-17-20(12)13(14)15;/h4-5,9,13,16H,3,6-8H2,1-2H3;1H. The Morgan fingerprint density at radius 3 is 2.76 bits per heavy atom. The fraction of sp³-hybridized carbons (Fsp3) is 0.538. The first-order valence-electron chi connectivity index (χ1n) is 6.66. The van der Waals surface area contributed by atoms with Gasteiger partial charge >= 0.3 is 6.55 Å². The summed E-state index contributed by atoms with van der Waals surface area (Å²) in [7, 11) is 0. The van der Waals surface area contributed by atoms with Gasteiger partial charge in [-0.2, -0.15) is 19.0 Å². The van der Waals surface area contributed by atoms with E-state index in [2.05, 4.69) is 22.4 Å². The lowest BCUT2D eigenvalue weighted by atomic mass is 10.2. The van der Waals surface area contributed by atoms with Crippen molar-refractivity contribution in [2.75, 3.05) is 0 Å². The normalized spacial score (nSPS) is 10.9. The Morgan fingerprint density at radius 1 is 1.33 bits per heavy atom. The van der Waals surface area contributed by atoms with Gasteiger partial charge in [-0.1, -0.05) is 6.92 Å². The first kappa shape index (κ1) is 17.6. The summed E-state index contributed by atoms with van der Waals surface area (Å²) in [6.45, 7) is 3.29. The molecule has 0 aliphatic carbocycles. The molecule has 118 valence electrons. The van der Waals surface area contributed by atoms with Crippen molar-refractivity contribution < 1.29 is 8.78 Å². The lowest BCUT2D eigenvalue weighted by Gasteiger charge is -2.07. The molecule has 0 bridgehead atoms. The van der Waals surface area contributed by atoms with E-state index in [-0.39, 0.29) is 12.4 Å². The van der Waals surface area contributed by atoms with Gasteiger partial charge in [0.25, 0.3) is 0 Å². The van der Waals surface area contributed by atoms with E-state index in [0.29, 0.717) is 18.8 Å². The van der Waals surface area contributed by atoms with Gasteiger partial charge in [-0.05, 0) is 19.4 Å². The molecule has 0 unspecified atom stereocenters. The van der Waals surface area contributed by atoms with Gasteiger partial charge in [0.05, 0.1) is 11.4 Å². The molecule has 0 spiro atoms. The second kappa shape index (κ2) is 8.09. The minimum absolute atomic E-state index is 0. The van der Waals surface area contributed by atoms with Crippen molar-refractivity contribution >= 4 is 12.4 Å². The maximum absolute atomic E-state index is 12.6. The maximum Gasteiger partial charge on any atom is 0.333 e. The van der Waals surface area contributed by atoms with E-state index in [9.17, 15) is 8.78 Å². The molecule has 0 saturated carbocycles. The molecular formula is C13H20ClF2N5. The van der Waals surface area contributed by atoms with Gasteiger partial charge in [-0.3, -0.25) is 4.68 Å². The molecule has 0 amide bonds. The van der Waals surface area contributed by atoms with Gasteiger partial charge in [0, 0.05) is 37.6 Å².